The molecule has 0 saturated carbocycles. The number of carbonyl (C=O) groups is 2. The number of carbonyl (C=O) groups excluding carboxylic acids is 2. The van der Waals surface area contributed by atoms with E-state index in [0.29, 0.717) is 24.5 Å². The molecule has 0 fully saturated rings. The van der Waals surface area contributed by atoms with E-state index in [0.717, 1.165) is 93.0 Å². The summed E-state index contributed by atoms with van der Waals surface area (Å²) in [6.07, 6.45) is 17.6. The van der Waals surface area contributed by atoms with Crippen LogP contribution in [0.2, 0.25) is 0 Å². The minimum absolute atomic E-state index is 0.0264. The van der Waals surface area contributed by atoms with Crippen molar-refractivity contribution in [2.75, 3.05) is 20.7 Å². The molecule has 2 atom stereocenters. The van der Waals surface area contributed by atoms with Crippen LogP contribution in [0.1, 0.15) is 84.7 Å². The number of ether oxygens (including phenoxy) is 1. The van der Waals surface area contributed by atoms with E-state index in [2.05, 4.69) is 95.6 Å². The Morgan fingerprint density at radius 2 is 1.47 bits per heavy atom. The highest BCUT2D eigenvalue weighted by Crippen LogP contribution is 2.33. The molecule has 0 aliphatic carbocycles. The molecule has 0 spiro atoms. The van der Waals surface area contributed by atoms with Crippen LogP contribution in [0.25, 0.3) is 6.08 Å². The van der Waals surface area contributed by atoms with E-state index in [1.807, 2.05) is 19.3 Å². The number of benzene rings is 4. The van der Waals surface area contributed by atoms with Crippen molar-refractivity contribution in [1.29, 1.82) is 0 Å². The van der Waals surface area contributed by atoms with Gasteiger partial charge in [-0.1, -0.05) is 104 Å². The first kappa shape index (κ1) is 42.9. The summed E-state index contributed by atoms with van der Waals surface area (Å²) in [6.45, 7) is 0.993. The van der Waals surface area contributed by atoms with E-state index in [9.17, 15) is 14.7 Å². The highest BCUT2D eigenvalue weighted by Gasteiger charge is 2.18. The molecule has 4 aromatic rings. The standard InChI is InChI=1S/C50H61N3O4/c1-52-35-41(24-22-38-15-8-4-9-16-38)17-10-5-11-20-46(54)34-47(55)28-27-42-32-49(57-2)48(56)31-44(42)30-45-36-53-50(51)33-43(45)26-25-40-19-12-18-39(29-40)23-21-37-13-6-3-7-14-37/h3-4,6-9,12-16,18-19,27-29,31-33,36,41,50,52-53,56H,5,10-11,17,20-26,30,34-35,51H2,1-2H3. The van der Waals surface area contributed by atoms with Gasteiger partial charge in [0.2, 0.25) is 0 Å². The summed E-state index contributed by atoms with van der Waals surface area (Å²) >= 11 is 0. The number of allylic oxidation sites excluding steroid dienone is 3. The summed E-state index contributed by atoms with van der Waals surface area (Å²) in [4.78, 5) is 25.8. The smallest absolute Gasteiger partial charge is 0.163 e. The molecule has 0 saturated heterocycles. The molecule has 1 aliphatic heterocycles. The van der Waals surface area contributed by atoms with Crippen LogP contribution in [0.15, 0.2) is 127 Å². The average Bonchev–Trinajstić information content (AvgIpc) is 3.22. The molecule has 4 aromatic carbocycles. The van der Waals surface area contributed by atoms with Crippen LogP contribution in [0.3, 0.4) is 0 Å². The summed E-state index contributed by atoms with van der Waals surface area (Å²) in [5.41, 5.74) is 15.4. The first-order chi connectivity index (χ1) is 27.8. The zero-order chi connectivity index (χ0) is 40.2. The lowest BCUT2D eigenvalue weighted by Gasteiger charge is -2.22. The number of dihydropyridines is 1. The number of methoxy groups -OCH3 is 1. The van der Waals surface area contributed by atoms with E-state index < -0.39 is 0 Å². The maximum atomic E-state index is 13.0. The molecule has 0 amide bonds. The second-order valence-electron chi connectivity index (χ2n) is 15.3. The normalized spacial score (nSPS) is 14.5. The number of nitrogens with one attached hydrogen (secondary N) is 2. The number of hydrogen-bond acceptors (Lipinski definition) is 7. The third kappa shape index (κ3) is 14.7. The monoisotopic (exact) mass is 767 g/mol. The zero-order valence-electron chi connectivity index (χ0n) is 33.9. The lowest BCUT2D eigenvalue weighted by Crippen LogP contribution is -2.35. The first-order valence-corrected chi connectivity index (χ1v) is 20.6. The van der Waals surface area contributed by atoms with E-state index in [4.69, 9.17) is 10.5 Å². The van der Waals surface area contributed by atoms with Crippen LogP contribution >= 0.6 is 0 Å². The largest absolute Gasteiger partial charge is 0.504 e. The quantitative estimate of drug-likeness (QED) is 0.0320. The molecular weight excluding hydrogens is 707 g/mol. The van der Waals surface area contributed by atoms with Crippen molar-refractivity contribution in [3.8, 4) is 11.5 Å². The Labute approximate surface area is 340 Å². The van der Waals surface area contributed by atoms with Crippen molar-refractivity contribution in [2.45, 2.75) is 89.6 Å². The van der Waals surface area contributed by atoms with Crippen LogP contribution < -0.4 is 21.1 Å². The van der Waals surface area contributed by atoms with E-state index in [1.165, 1.54) is 35.4 Å². The van der Waals surface area contributed by atoms with E-state index >= 15 is 0 Å². The zero-order valence-corrected chi connectivity index (χ0v) is 33.9. The topological polar surface area (TPSA) is 114 Å². The molecule has 1 heterocycles. The van der Waals surface area contributed by atoms with E-state index in [1.54, 1.807) is 18.2 Å². The molecule has 57 heavy (non-hydrogen) atoms. The Morgan fingerprint density at radius 1 is 0.807 bits per heavy atom. The van der Waals surface area contributed by atoms with E-state index in [-0.39, 0.29) is 29.9 Å². The van der Waals surface area contributed by atoms with Gasteiger partial charge < -0.3 is 26.2 Å². The second kappa shape index (κ2) is 23.1. The average molecular weight is 768 g/mol. The number of ketones is 2. The van der Waals surface area contributed by atoms with Gasteiger partial charge in [0.1, 0.15) is 5.78 Å². The Morgan fingerprint density at radius 3 is 2.18 bits per heavy atom. The number of hydrogen-bond donors (Lipinski definition) is 4. The number of unbranched alkanes of at least 4 members (excludes halogenated alkanes) is 2. The minimum Gasteiger partial charge on any atom is -0.504 e. The Balaban J connectivity index is 1.13. The molecule has 2 unspecified atom stereocenters. The maximum absolute atomic E-state index is 13.0. The van der Waals surface area contributed by atoms with Gasteiger partial charge in [0.25, 0.3) is 0 Å². The van der Waals surface area contributed by atoms with Gasteiger partial charge in [0.05, 0.1) is 19.7 Å². The number of nitrogens with two attached hydrogens (primary N) is 1. The number of aromatic hydroxyl groups is 1. The van der Waals surface area contributed by atoms with Gasteiger partial charge in [0, 0.05) is 12.6 Å². The summed E-state index contributed by atoms with van der Waals surface area (Å²) in [5.74, 6) is 0.683. The van der Waals surface area contributed by atoms with Crippen LogP contribution in [-0.4, -0.2) is 43.5 Å². The van der Waals surface area contributed by atoms with Gasteiger partial charge in [0.15, 0.2) is 17.3 Å². The number of rotatable bonds is 24. The molecule has 300 valence electrons. The highest BCUT2D eigenvalue weighted by molar-refractivity contribution is 6.06. The van der Waals surface area contributed by atoms with Gasteiger partial charge in [-0.25, -0.2) is 0 Å². The number of phenolic OH excluding ortho intramolecular Hbond substituents is 1. The van der Waals surface area contributed by atoms with Gasteiger partial charge >= 0.3 is 0 Å². The fraction of sp³-hybridized carbons (Fsp3) is 0.360. The molecule has 0 bridgehead atoms. The molecule has 0 radical (unpaired) electrons. The minimum atomic E-state index is -0.292. The van der Waals surface area contributed by atoms with Crippen molar-refractivity contribution < 1.29 is 19.4 Å². The fourth-order valence-electron chi connectivity index (χ4n) is 7.64. The lowest BCUT2D eigenvalue weighted by atomic mass is 9.89. The molecule has 5 rings (SSSR count). The van der Waals surface area contributed by atoms with Gasteiger partial charge in [-0.2, -0.15) is 0 Å². The lowest BCUT2D eigenvalue weighted by molar-refractivity contribution is -0.124. The predicted octanol–water partition coefficient (Wildman–Crippen LogP) is 9.02. The third-order valence-corrected chi connectivity index (χ3v) is 10.8. The van der Waals surface area contributed by atoms with Gasteiger partial charge in [-0.05, 0) is 146 Å². The SMILES string of the molecule is CNCC(CCCCCC(=O)CC(=O)C=Cc1cc(OC)c(O)cc1CC1=CNC(N)C=C1CCc1cccc(CCc2ccccc2)c1)CCc1ccccc1. The molecule has 5 N–H and O–H groups in total. The molecule has 7 nitrogen and oxygen atoms in total. The maximum Gasteiger partial charge on any atom is 0.163 e. The van der Waals surface area contributed by atoms with Crippen molar-refractivity contribution in [3.63, 3.8) is 0 Å². The second-order valence-corrected chi connectivity index (χ2v) is 15.3. The molecule has 0 aromatic heterocycles. The highest BCUT2D eigenvalue weighted by atomic mass is 16.5. The van der Waals surface area contributed by atoms with Crippen LogP contribution in [0.4, 0.5) is 0 Å². The Hall–Kier alpha value is -5.24. The van der Waals surface area contributed by atoms with Crippen LogP contribution in [0.5, 0.6) is 11.5 Å². The van der Waals surface area contributed by atoms with Crippen molar-refractivity contribution in [2.24, 2.45) is 11.7 Å². The summed E-state index contributed by atoms with van der Waals surface area (Å²) in [6, 6.07) is 33.4. The van der Waals surface area contributed by atoms with Crippen LogP contribution in [-0.2, 0) is 41.7 Å². The Bertz CT molecular complexity index is 1970. The van der Waals surface area contributed by atoms with Gasteiger partial charge in [-0.3, -0.25) is 9.59 Å². The molecule has 1 aliphatic rings. The number of aryl methyl sites for hydroxylation is 4. The summed E-state index contributed by atoms with van der Waals surface area (Å²) in [5, 5.41) is 17.3. The fourth-order valence-corrected chi connectivity index (χ4v) is 7.64. The van der Waals surface area contributed by atoms with Crippen molar-refractivity contribution in [3.05, 3.63) is 160 Å². The van der Waals surface area contributed by atoms with Gasteiger partial charge in [-0.15, -0.1) is 0 Å². The third-order valence-electron chi connectivity index (χ3n) is 10.8. The predicted molar refractivity (Wildman–Crippen MR) is 233 cm³/mol. The number of phenols is 1. The molecule has 7 heteroatoms. The van der Waals surface area contributed by atoms with Crippen LogP contribution in [0, 0.1) is 5.92 Å². The summed E-state index contributed by atoms with van der Waals surface area (Å²) in [7, 11) is 3.51. The number of Topliss-reactive ketones (excluding diaryl/α,β-unsaturated/α-hetero) is 1. The van der Waals surface area contributed by atoms with Crippen molar-refractivity contribution >= 4 is 17.6 Å². The molecular formula is C50H61N3O4. The summed E-state index contributed by atoms with van der Waals surface area (Å²) < 4.78 is 5.42. The first-order valence-electron chi connectivity index (χ1n) is 20.6. The Kier molecular flexibility index (Phi) is 17.4. The van der Waals surface area contributed by atoms with Crippen molar-refractivity contribution in [1.82, 2.24) is 10.6 Å².